The summed E-state index contributed by atoms with van der Waals surface area (Å²) in [6, 6.07) is 6.51. The van der Waals surface area contributed by atoms with E-state index in [0.717, 1.165) is 12.2 Å². The van der Waals surface area contributed by atoms with Crippen molar-refractivity contribution in [2.45, 2.75) is 45.6 Å². The summed E-state index contributed by atoms with van der Waals surface area (Å²) in [4.78, 5) is 0. The van der Waals surface area contributed by atoms with Gasteiger partial charge in [0.15, 0.2) is 0 Å². The van der Waals surface area contributed by atoms with Crippen LogP contribution in [0.25, 0.3) is 0 Å². The highest BCUT2D eigenvalue weighted by Gasteiger charge is 2.21. The molecule has 0 aromatic heterocycles. The zero-order valence-electron chi connectivity index (χ0n) is 10.6. The smallest absolute Gasteiger partial charge is 0.124 e. The molecular weight excluding hydrogens is 196 g/mol. The number of allylic oxidation sites excluding steroid dienone is 1. The minimum atomic E-state index is -0.206. The molecule has 0 saturated carbocycles. The number of ether oxygens (including phenoxy) is 1. The minimum Gasteiger partial charge on any atom is -0.483 e. The fraction of sp³-hybridized carbons (Fsp3) is 0.467. The fourth-order valence-electron chi connectivity index (χ4n) is 2.14. The molecule has 1 aromatic rings. The van der Waals surface area contributed by atoms with Gasteiger partial charge in [-0.3, -0.25) is 0 Å². The predicted molar refractivity (Wildman–Crippen MR) is 68.1 cm³/mol. The van der Waals surface area contributed by atoms with Crippen LogP contribution >= 0.6 is 0 Å². The molecule has 0 N–H and O–H groups in total. The first-order valence-corrected chi connectivity index (χ1v) is 5.95. The highest BCUT2D eigenvalue weighted by atomic mass is 16.5. The molecule has 1 heteroatoms. The summed E-state index contributed by atoms with van der Waals surface area (Å²) in [6.45, 7) is 8.56. The van der Waals surface area contributed by atoms with Gasteiger partial charge in [0.25, 0.3) is 0 Å². The van der Waals surface area contributed by atoms with Gasteiger partial charge in [-0.2, -0.15) is 0 Å². The van der Waals surface area contributed by atoms with Crippen LogP contribution in [0.1, 0.15) is 44.2 Å². The third-order valence-corrected chi connectivity index (χ3v) is 3.08. The lowest BCUT2D eigenvalue weighted by molar-refractivity contribution is 0.157. The number of aryl methyl sites for hydroxylation is 1. The first kappa shape index (κ1) is 11.3. The first-order chi connectivity index (χ1) is 7.48. The fourth-order valence-corrected chi connectivity index (χ4v) is 2.14. The van der Waals surface area contributed by atoms with Crippen molar-refractivity contribution in [3.63, 3.8) is 0 Å². The van der Waals surface area contributed by atoms with E-state index in [-0.39, 0.29) is 5.60 Å². The van der Waals surface area contributed by atoms with Crippen molar-refractivity contribution in [2.75, 3.05) is 0 Å². The maximum absolute atomic E-state index is 6.09. The highest BCUT2D eigenvalue weighted by molar-refractivity contribution is 5.41. The summed E-state index contributed by atoms with van der Waals surface area (Å²) in [7, 11) is 0. The van der Waals surface area contributed by atoms with Gasteiger partial charge in [-0.15, -0.1) is 0 Å². The summed E-state index contributed by atoms with van der Waals surface area (Å²) in [5, 5.41) is 0. The molecule has 0 amide bonds. The lowest BCUT2D eigenvalue weighted by atomic mass is 9.93. The van der Waals surface area contributed by atoms with Crippen molar-refractivity contribution in [3.05, 3.63) is 41.5 Å². The summed E-state index contributed by atoms with van der Waals surface area (Å²) < 4.78 is 6.09. The molecule has 86 valence electrons. The van der Waals surface area contributed by atoms with Gasteiger partial charge in [0.1, 0.15) is 11.4 Å². The summed E-state index contributed by atoms with van der Waals surface area (Å²) in [6.07, 6.45) is 5.48. The second-order valence-electron chi connectivity index (χ2n) is 5.29. The Kier molecular flexibility index (Phi) is 2.79. The summed E-state index contributed by atoms with van der Waals surface area (Å²) in [5.74, 6) is 1.57. The van der Waals surface area contributed by atoms with Crippen LogP contribution in [0.15, 0.2) is 30.4 Å². The number of hydrogen-bond donors (Lipinski definition) is 0. The van der Waals surface area contributed by atoms with E-state index in [2.05, 4.69) is 58.0 Å². The highest BCUT2D eigenvalue weighted by Crippen LogP contribution is 2.34. The molecule has 0 spiro atoms. The second-order valence-corrected chi connectivity index (χ2v) is 5.29. The molecular formula is C15H20O. The second kappa shape index (κ2) is 3.97. The van der Waals surface area contributed by atoms with Gasteiger partial charge in [-0.05, 0) is 56.4 Å². The van der Waals surface area contributed by atoms with E-state index < -0.39 is 0 Å². The maximum Gasteiger partial charge on any atom is 0.124 e. The van der Waals surface area contributed by atoms with Crippen molar-refractivity contribution < 1.29 is 4.74 Å². The molecule has 0 fully saturated rings. The zero-order chi connectivity index (χ0) is 11.8. The Morgan fingerprint density at radius 1 is 1.31 bits per heavy atom. The SMILES string of the molecule is Cc1ccc2c(c1)OC(C)(C)/C=C\CC2C. The van der Waals surface area contributed by atoms with Gasteiger partial charge in [0, 0.05) is 0 Å². The molecule has 0 saturated heterocycles. The van der Waals surface area contributed by atoms with Gasteiger partial charge in [0.05, 0.1) is 0 Å². The molecule has 0 bridgehead atoms. The van der Waals surface area contributed by atoms with Gasteiger partial charge in [0.2, 0.25) is 0 Å². The number of fused-ring (bicyclic) bond motifs is 1. The van der Waals surface area contributed by atoms with Crippen molar-refractivity contribution in [2.24, 2.45) is 0 Å². The van der Waals surface area contributed by atoms with E-state index in [1.165, 1.54) is 11.1 Å². The van der Waals surface area contributed by atoms with Crippen LogP contribution in [-0.4, -0.2) is 5.60 Å². The molecule has 1 aliphatic heterocycles. The summed E-state index contributed by atoms with van der Waals surface area (Å²) in [5.41, 5.74) is 2.37. The first-order valence-electron chi connectivity index (χ1n) is 5.95. The normalized spacial score (nSPS) is 24.9. The average molecular weight is 216 g/mol. The Morgan fingerprint density at radius 2 is 2.06 bits per heavy atom. The Morgan fingerprint density at radius 3 is 2.81 bits per heavy atom. The van der Waals surface area contributed by atoms with Crippen molar-refractivity contribution in [3.8, 4) is 5.75 Å². The van der Waals surface area contributed by atoms with Crippen molar-refractivity contribution >= 4 is 0 Å². The average Bonchev–Trinajstić information content (AvgIpc) is 2.14. The van der Waals surface area contributed by atoms with Crippen molar-refractivity contribution in [1.29, 1.82) is 0 Å². The molecule has 1 nitrogen and oxygen atoms in total. The number of benzene rings is 1. The lowest BCUT2D eigenvalue weighted by Crippen LogP contribution is -2.26. The molecule has 0 aliphatic carbocycles. The van der Waals surface area contributed by atoms with Gasteiger partial charge in [-0.1, -0.05) is 25.1 Å². The monoisotopic (exact) mass is 216 g/mol. The third-order valence-electron chi connectivity index (χ3n) is 3.08. The van der Waals surface area contributed by atoms with Gasteiger partial charge < -0.3 is 4.74 Å². The third kappa shape index (κ3) is 2.29. The van der Waals surface area contributed by atoms with E-state index in [1.54, 1.807) is 0 Å². The molecule has 1 aliphatic rings. The quantitative estimate of drug-likeness (QED) is 0.590. The van der Waals surface area contributed by atoms with E-state index >= 15 is 0 Å². The lowest BCUT2D eigenvalue weighted by Gasteiger charge is -2.28. The Labute approximate surface area is 98.1 Å². The zero-order valence-corrected chi connectivity index (χ0v) is 10.6. The van der Waals surface area contributed by atoms with E-state index in [4.69, 9.17) is 4.74 Å². The van der Waals surface area contributed by atoms with Crippen LogP contribution in [0, 0.1) is 6.92 Å². The van der Waals surface area contributed by atoms with Crippen LogP contribution in [0.4, 0.5) is 0 Å². The number of hydrogen-bond acceptors (Lipinski definition) is 1. The molecule has 1 heterocycles. The molecule has 1 aromatic carbocycles. The van der Waals surface area contributed by atoms with Gasteiger partial charge >= 0.3 is 0 Å². The summed E-state index contributed by atoms with van der Waals surface area (Å²) >= 11 is 0. The molecule has 0 radical (unpaired) electrons. The Bertz CT molecular complexity index is 415. The molecule has 1 atom stereocenters. The van der Waals surface area contributed by atoms with Crippen LogP contribution in [0.5, 0.6) is 5.75 Å². The van der Waals surface area contributed by atoms with E-state index in [9.17, 15) is 0 Å². The number of rotatable bonds is 0. The topological polar surface area (TPSA) is 9.23 Å². The van der Waals surface area contributed by atoms with Crippen LogP contribution in [0.2, 0.25) is 0 Å². The molecule has 1 unspecified atom stereocenters. The van der Waals surface area contributed by atoms with Crippen molar-refractivity contribution in [1.82, 2.24) is 0 Å². The molecule has 16 heavy (non-hydrogen) atoms. The standard InChI is InChI=1S/C15H20O/c1-11-7-8-13-12(2)6-5-9-15(3,4)16-14(13)10-11/h5,7-10,12H,6H2,1-4H3/b9-5-. The Balaban J connectivity index is 2.47. The maximum atomic E-state index is 6.09. The largest absolute Gasteiger partial charge is 0.483 e. The van der Waals surface area contributed by atoms with Gasteiger partial charge in [-0.25, -0.2) is 0 Å². The Hall–Kier alpha value is -1.24. The van der Waals surface area contributed by atoms with E-state index in [0.29, 0.717) is 5.92 Å². The van der Waals surface area contributed by atoms with E-state index in [1.807, 2.05) is 0 Å². The van der Waals surface area contributed by atoms with Crippen LogP contribution < -0.4 is 4.74 Å². The van der Waals surface area contributed by atoms with Crippen LogP contribution in [-0.2, 0) is 0 Å². The van der Waals surface area contributed by atoms with Crippen LogP contribution in [0.3, 0.4) is 0 Å². The molecule has 2 rings (SSSR count). The predicted octanol–water partition coefficient (Wildman–Crippen LogP) is 4.22. The minimum absolute atomic E-state index is 0.206.